The van der Waals surface area contributed by atoms with Crippen molar-refractivity contribution in [2.24, 2.45) is 0 Å². The molecule has 1 aromatic carbocycles. The molecule has 0 radical (unpaired) electrons. The van der Waals surface area contributed by atoms with Gasteiger partial charge >= 0.3 is 23.8 Å². The highest BCUT2D eigenvalue weighted by Gasteiger charge is 2.44. The van der Waals surface area contributed by atoms with Gasteiger partial charge in [-0.25, -0.2) is 14.5 Å². The van der Waals surface area contributed by atoms with Gasteiger partial charge in [0.05, 0.1) is 7.11 Å². The van der Waals surface area contributed by atoms with Crippen LogP contribution in [0.25, 0.3) is 0 Å². The number of carbonyl (C=O) groups excluding carboxylic acids is 5. The lowest BCUT2D eigenvalue weighted by molar-refractivity contribution is -0.146. The van der Waals surface area contributed by atoms with E-state index in [-0.39, 0.29) is 13.0 Å². The first-order valence-electron chi connectivity index (χ1n) is 8.47. The summed E-state index contributed by atoms with van der Waals surface area (Å²) in [7, 11) is 1.20. The fourth-order valence-corrected chi connectivity index (χ4v) is 2.68. The van der Waals surface area contributed by atoms with Crippen molar-refractivity contribution in [1.82, 2.24) is 15.1 Å². The van der Waals surface area contributed by atoms with Crippen molar-refractivity contribution in [2.45, 2.75) is 25.8 Å². The molecule has 1 heterocycles. The van der Waals surface area contributed by atoms with E-state index < -0.39 is 42.3 Å². The van der Waals surface area contributed by atoms with Crippen LogP contribution in [-0.4, -0.2) is 65.8 Å². The zero-order valence-corrected chi connectivity index (χ0v) is 15.1. The standard InChI is InChI=1S/C18H21N3O6/c1-3-9-20-15(23)16(24)21(18(20)26)11-14(22)19-13(17(25)27-2)10-12-7-5-4-6-8-12/h4-8,13H,3,9-11H2,1-2H3,(H,19,22)/t13-/m0/s1. The second-order valence-electron chi connectivity index (χ2n) is 5.96. The van der Waals surface area contributed by atoms with E-state index in [1.165, 1.54) is 7.11 Å². The summed E-state index contributed by atoms with van der Waals surface area (Å²) in [6.07, 6.45) is 0.675. The van der Waals surface area contributed by atoms with Gasteiger partial charge in [-0.15, -0.1) is 0 Å². The topological polar surface area (TPSA) is 113 Å². The highest BCUT2D eigenvalue weighted by atomic mass is 16.5. The first kappa shape index (κ1) is 20.1. The molecule has 1 aliphatic heterocycles. The molecule has 1 aromatic rings. The number of imide groups is 2. The number of urea groups is 1. The van der Waals surface area contributed by atoms with E-state index in [1.807, 2.05) is 6.07 Å². The Morgan fingerprint density at radius 1 is 1.07 bits per heavy atom. The molecule has 27 heavy (non-hydrogen) atoms. The molecule has 9 heteroatoms. The van der Waals surface area contributed by atoms with E-state index in [4.69, 9.17) is 4.74 Å². The second kappa shape index (κ2) is 8.93. The van der Waals surface area contributed by atoms with Crippen molar-refractivity contribution < 1.29 is 28.7 Å². The lowest BCUT2D eigenvalue weighted by Gasteiger charge is -2.19. The number of hydrogen-bond acceptors (Lipinski definition) is 6. The Hall–Kier alpha value is -3.23. The van der Waals surface area contributed by atoms with E-state index in [9.17, 15) is 24.0 Å². The van der Waals surface area contributed by atoms with Gasteiger partial charge in [0.2, 0.25) is 5.91 Å². The first-order valence-corrected chi connectivity index (χ1v) is 8.47. The minimum atomic E-state index is -1.05. The van der Waals surface area contributed by atoms with Crippen LogP contribution in [0.1, 0.15) is 18.9 Å². The van der Waals surface area contributed by atoms with Gasteiger partial charge in [0, 0.05) is 13.0 Å². The predicted molar refractivity (Wildman–Crippen MR) is 93.2 cm³/mol. The molecule has 1 aliphatic rings. The summed E-state index contributed by atoms with van der Waals surface area (Å²) in [5.41, 5.74) is 0.797. The summed E-state index contributed by atoms with van der Waals surface area (Å²) < 4.78 is 4.70. The summed E-state index contributed by atoms with van der Waals surface area (Å²) in [5, 5.41) is 2.46. The lowest BCUT2D eigenvalue weighted by Crippen LogP contribution is -2.48. The summed E-state index contributed by atoms with van der Waals surface area (Å²) in [5.74, 6) is -3.41. The van der Waals surface area contributed by atoms with Gasteiger partial charge in [-0.05, 0) is 12.0 Å². The first-order chi connectivity index (χ1) is 12.9. The Bertz CT molecular complexity index is 749. The quantitative estimate of drug-likeness (QED) is 0.391. The maximum absolute atomic E-state index is 12.3. The Labute approximate surface area is 156 Å². The average molecular weight is 375 g/mol. The van der Waals surface area contributed by atoms with Crippen LogP contribution in [0.4, 0.5) is 4.79 Å². The molecule has 1 atom stereocenters. The molecule has 0 aliphatic carbocycles. The third-order valence-electron chi connectivity index (χ3n) is 3.99. The van der Waals surface area contributed by atoms with E-state index >= 15 is 0 Å². The molecule has 0 bridgehead atoms. The number of ether oxygens (including phenoxy) is 1. The van der Waals surface area contributed by atoms with Crippen LogP contribution in [-0.2, 0) is 30.3 Å². The van der Waals surface area contributed by atoms with Gasteiger partial charge in [0.1, 0.15) is 12.6 Å². The van der Waals surface area contributed by atoms with E-state index in [0.717, 1.165) is 10.5 Å². The van der Waals surface area contributed by atoms with Crippen molar-refractivity contribution in [1.29, 1.82) is 0 Å². The van der Waals surface area contributed by atoms with Crippen molar-refractivity contribution in [2.75, 3.05) is 20.2 Å². The molecular formula is C18H21N3O6. The van der Waals surface area contributed by atoms with Gasteiger partial charge in [-0.2, -0.15) is 0 Å². The molecule has 1 fully saturated rings. The maximum Gasteiger partial charge on any atom is 0.334 e. The lowest BCUT2D eigenvalue weighted by atomic mass is 10.1. The molecule has 5 amide bonds. The number of benzene rings is 1. The van der Waals surface area contributed by atoms with Crippen LogP contribution in [0.3, 0.4) is 0 Å². The van der Waals surface area contributed by atoms with Crippen molar-refractivity contribution in [3.8, 4) is 0 Å². The number of nitrogens with zero attached hydrogens (tertiary/aromatic N) is 2. The smallest absolute Gasteiger partial charge is 0.334 e. The van der Waals surface area contributed by atoms with Crippen LogP contribution in [0.15, 0.2) is 30.3 Å². The fraction of sp³-hybridized carbons (Fsp3) is 0.389. The van der Waals surface area contributed by atoms with Crippen LogP contribution < -0.4 is 5.32 Å². The van der Waals surface area contributed by atoms with Crippen LogP contribution in [0.2, 0.25) is 0 Å². The molecule has 0 saturated carbocycles. The normalized spacial score (nSPS) is 15.1. The van der Waals surface area contributed by atoms with Crippen LogP contribution in [0, 0.1) is 0 Å². The van der Waals surface area contributed by atoms with Gasteiger partial charge in [-0.1, -0.05) is 37.3 Å². The Balaban J connectivity index is 2.05. The molecule has 0 spiro atoms. The summed E-state index contributed by atoms with van der Waals surface area (Å²) >= 11 is 0. The average Bonchev–Trinajstić information content (AvgIpc) is 2.86. The predicted octanol–water partition coefficient (Wildman–Crippen LogP) is 0.0877. The number of rotatable bonds is 8. The summed E-state index contributed by atoms with van der Waals surface area (Å²) in [6, 6.07) is 7.16. The van der Waals surface area contributed by atoms with Gasteiger partial charge in [-0.3, -0.25) is 19.3 Å². The highest BCUT2D eigenvalue weighted by molar-refractivity contribution is 6.45. The van der Waals surface area contributed by atoms with Gasteiger partial charge in [0.25, 0.3) is 0 Å². The minimum absolute atomic E-state index is 0.0975. The SMILES string of the molecule is CCCN1C(=O)C(=O)N(CC(=O)N[C@@H](Cc2ccccc2)C(=O)OC)C1=O. The Morgan fingerprint density at radius 2 is 1.70 bits per heavy atom. The molecule has 1 saturated heterocycles. The third-order valence-corrected chi connectivity index (χ3v) is 3.99. The monoisotopic (exact) mass is 375 g/mol. The van der Waals surface area contributed by atoms with E-state index in [2.05, 4.69) is 5.32 Å². The minimum Gasteiger partial charge on any atom is -0.467 e. The van der Waals surface area contributed by atoms with Gasteiger partial charge in [0.15, 0.2) is 0 Å². The zero-order valence-electron chi connectivity index (χ0n) is 15.1. The molecule has 2 rings (SSSR count). The number of methoxy groups -OCH3 is 1. The van der Waals surface area contributed by atoms with Crippen molar-refractivity contribution >= 4 is 29.7 Å². The van der Waals surface area contributed by atoms with E-state index in [0.29, 0.717) is 11.3 Å². The number of esters is 1. The largest absolute Gasteiger partial charge is 0.467 e. The number of nitrogens with one attached hydrogen (secondary N) is 1. The molecule has 0 unspecified atom stereocenters. The van der Waals surface area contributed by atoms with Crippen molar-refractivity contribution in [3.05, 3.63) is 35.9 Å². The van der Waals surface area contributed by atoms with Crippen molar-refractivity contribution in [3.63, 3.8) is 0 Å². The Kier molecular flexibility index (Phi) is 6.64. The third kappa shape index (κ3) is 4.69. The summed E-state index contributed by atoms with van der Waals surface area (Å²) in [4.78, 5) is 61.6. The van der Waals surface area contributed by atoms with Crippen LogP contribution in [0.5, 0.6) is 0 Å². The second-order valence-corrected chi connectivity index (χ2v) is 5.96. The molecule has 1 N–H and O–H groups in total. The number of hydrogen-bond donors (Lipinski definition) is 1. The summed E-state index contributed by atoms with van der Waals surface area (Å²) in [6.45, 7) is 1.21. The Morgan fingerprint density at radius 3 is 2.30 bits per heavy atom. The van der Waals surface area contributed by atoms with Crippen LogP contribution >= 0.6 is 0 Å². The fourth-order valence-electron chi connectivity index (χ4n) is 2.68. The molecular weight excluding hydrogens is 354 g/mol. The van der Waals surface area contributed by atoms with E-state index in [1.54, 1.807) is 31.2 Å². The number of carbonyl (C=O) groups is 5. The zero-order chi connectivity index (χ0) is 20.0. The van der Waals surface area contributed by atoms with Gasteiger partial charge < -0.3 is 10.1 Å². The number of amides is 5. The maximum atomic E-state index is 12.3. The molecule has 9 nitrogen and oxygen atoms in total. The molecule has 0 aromatic heterocycles. The highest BCUT2D eigenvalue weighted by Crippen LogP contribution is 2.12. The molecule has 144 valence electrons.